The standard InChI is InChI=1S/C29H39N5O5S2/c1-19(2)39-28(36)33-21-12-10-20(11-13-21)27-31-18-24(40-27)23-15-14-22(32-26(35)9-7-8-16-30-6)17-25(23)41(37,38)34-29(3,4)5/h10-15,17-19,30,34H,7-9,16H2,1-6H3,(H,32,35)(H,33,36). The molecule has 0 saturated heterocycles. The number of aromatic nitrogens is 1. The first-order valence-corrected chi connectivity index (χ1v) is 15.7. The van der Waals surface area contributed by atoms with Crippen molar-refractivity contribution in [3.63, 3.8) is 0 Å². The Hall–Kier alpha value is -3.32. The molecule has 0 unspecified atom stereocenters. The predicted octanol–water partition coefficient (Wildman–Crippen LogP) is 5.84. The molecule has 2 aromatic carbocycles. The Morgan fingerprint density at radius 2 is 1.68 bits per heavy atom. The molecule has 0 bridgehead atoms. The van der Waals surface area contributed by atoms with Crippen LogP contribution < -0.4 is 20.7 Å². The number of rotatable bonds is 12. The van der Waals surface area contributed by atoms with Crippen LogP contribution in [0, 0.1) is 0 Å². The van der Waals surface area contributed by atoms with Gasteiger partial charge >= 0.3 is 6.09 Å². The number of hydrogen-bond donors (Lipinski definition) is 4. The Morgan fingerprint density at radius 1 is 1.00 bits per heavy atom. The number of amides is 2. The molecule has 4 N–H and O–H groups in total. The molecule has 0 fully saturated rings. The van der Waals surface area contributed by atoms with Gasteiger partial charge in [-0.1, -0.05) is 6.07 Å². The van der Waals surface area contributed by atoms with E-state index in [0.717, 1.165) is 24.9 Å². The van der Waals surface area contributed by atoms with Crippen LogP contribution in [0.25, 0.3) is 21.0 Å². The quantitative estimate of drug-likeness (QED) is 0.191. The van der Waals surface area contributed by atoms with Gasteiger partial charge in [0.15, 0.2) is 0 Å². The number of nitrogens with one attached hydrogen (secondary N) is 4. The molecule has 0 aliphatic heterocycles. The second-order valence-electron chi connectivity index (χ2n) is 10.9. The van der Waals surface area contributed by atoms with Crippen molar-refractivity contribution in [3.05, 3.63) is 48.7 Å². The molecule has 0 radical (unpaired) electrons. The molecule has 0 aliphatic carbocycles. The fraction of sp³-hybridized carbons (Fsp3) is 0.414. The number of carbonyl (C=O) groups excluding carboxylic acids is 2. The first-order valence-electron chi connectivity index (χ1n) is 13.4. The number of hydrogen-bond acceptors (Lipinski definition) is 8. The van der Waals surface area contributed by atoms with Crippen molar-refractivity contribution in [1.29, 1.82) is 0 Å². The summed E-state index contributed by atoms with van der Waals surface area (Å²) in [5, 5.41) is 9.24. The van der Waals surface area contributed by atoms with E-state index in [0.29, 0.717) is 33.2 Å². The zero-order valence-corrected chi connectivity index (χ0v) is 26.0. The number of carbonyl (C=O) groups is 2. The van der Waals surface area contributed by atoms with Gasteiger partial charge in [-0.15, -0.1) is 11.3 Å². The van der Waals surface area contributed by atoms with E-state index in [1.807, 2.05) is 19.2 Å². The van der Waals surface area contributed by atoms with Crippen molar-refractivity contribution in [1.82, 2.24) is 15.0 Å². The van der Waals surface area contributed by atoms with Crippen LogP contribution in [0.4, 0.5) is 16.2 Å². The summed E-state index contributed by atoms with van der Waals surface area (Å²) in [7, 11) is -2.08. The maximum Gasteiger partial charge on any atom is 0.411 e. The molecule has 1 aromatic heterocycles. The van der Waals surface area contributed by atoms with Crippen LogP contribution in [-0.2, 0) is 19.6 Å². The summed E-state index contributed by atoms with van der Waals surface area (Å²) in [5.41, 5.74) is 1.57. The number of ether oxygens (including phenoxy) is 1. The lowest BCUT2D eigenvalue weighted by atomic mass is 10.1. The number of nitrogens with zero attached hydrogens (tertiary/aromatic N) is 1. The van der Waals surface area contributed by atoms with E-state index in [4.69, 9.17) is 4.74 Å². The van der Waals surface area contributed by atoms with Crippen LogP contribution in [0.5, 0.6) is 0 Å². The molecule has 12 heteroatoms. The third-order valence-corrected chi connectivity index (χ3v) is 8.45. The molecule has 222 valence electrons. The Morgan fingerprint density at radius 3 is 2.32 bits per heavy atom. The first-order chi connectivity index (χ1) is 19.3. The van der Waals surface area contributed by atoms with E-state index in [-0.39, 0.29) is 16.9 Å². The molecule has 0 saturated carbocycles. The molecule has 0 aliphatic rings. The largest absolute Gasteiger partial charge is 0.447 e. The molecule has 3 aromatic rings. The summed E-state index contributed by atoms with van der Waals surface area (Å²) in [4.78, 5) is 29.6. The van der Waals surface area contributed by atoms with E-state index in [1.165, 1.54) is 17.4 Å². The van der Waals surface area contributed by atoms with E-state index in [1.54, 1.807) is 65.1 Å². The van der Waals surface area contributed by atoms with Crippen molar-refractivity contribution in [2.24, 2.45) is 0 Å². The van der Waals surface area contributed by atoms with E-state index in [9.17, 15) is 18.0 Å². The average molecular weight is 602 g/mol. The Labute approximate surface area is 246 Å². The molecular formula is C29H39N5O5S2. The maximum absolute atomic E-state index is 13.5. The summed E-state index contributed by atoms with van der Waals surface area (Å²) >= 11 is 1.34. The minimum absolute atomic E-state index is 0.0545. The summed E-state index contributed by atoms with van der Waals surface area (Å²) in [5.74, 6) is -0.170. The SMILES string of the molecule is CNCCCCC(=O)Nc1ccc(-c2cnc(-c3ccc(NC(=O)OC(C)C)cc3)s2)c(S(=O)(=O)NC(C)(C)C)c1. The molecule has 0 spiro atoms. The highest BCUT2D eigenvalue weighted by Crippen LogP contribution is 2.37. The molecule has 41 heavy (non-hydrogen) atoms. The zero-order valence-electron chi connectivity index (χ0n) is 24.3. The lowest BCUT2D eigenvalue weighted by Gasteiger charge is -2.22. The summed E-state index contributed by atoms with van der Waals surface area (Å²) in [6.45, 7) is 9.69. The highest BCUT2D eigenvalue weighted by molar-refractivity contribution is 7.89. The zero-order chi connectivity index (χ0) is 30.2. The Balaban J connectivity index is 1.88. The highest BCUT2D eigenvalue weighted by Gasteiger charge is 2.26. The fourth-order valence-corrected chi connectivity index (χ4v) is 6.58. The monoisotopic (exact) mass is 601 g/mol. The Bertz CT molecular complexity index is 1440. The highest BCUT2D eigenvalue weighted by atomic mass is 32.2. The van der Waals surface area contributed by atoms with Gasteiger partial charge in [0.2, 0.25) is 15.9 Å². The minimum atomic E-state index is -3.94. The summed E-state index contributed by atoms with van der Waals surface area (Å²) < 4.78 is 34.8. The molecule has 10 nitrogen and oxygen atoms in total. The average Bonchev–Trinajstić information content (AvgIpc) is 3.35. The van der Waals surface area contributed by atoms with Crippen LogP contribution in [0.1, 0.15) is 53.9 Å². The molecule has 1 heterocycles. The lowest BCUT2D eigenvalue weighted by molar-refractivity contribution is -0.116. The van der Waals surface area contributed by atoms with Crippen molar-refractivity contribution in [2.75, 3.05) is 24.2 Å². The molecular weight excluding hydrogens is 562 g/mol. The predicted molar refractivity (Wildman–Crippen MR) is 165 cm³/mol. The molecule has 0 atom stereocenters. The topological polar surface area (TPSA) is 139 Å². The fourth-order valence-electron chi connectivity index (χ4n) is 3.88. The van der Waals surface area contributed by atoms with Gasteiger partial charge in [-0.05, 0) is 97.5 Å². The normalized spacial score (nSPS) is 11.9. The van der Waals surface area contributed by atoms with Gasteiger partial charge in [-0.2, -0.15) is 0 Å². The number of benzene rings is 2. The number of sulfonamides is 1. The van der Waals surface area contributed by atoms with E-state index < -0.39 is 21.7 Å². The van der Waals surface area contributed by atoms with Crippen LogP contribution in [0.3, 0.4) is 0 Å². The van der Waals surface area contributed by atoms with Crippen molar-refractivity contribution in [3.8, 4) is 21.0 Å². The van der Waals surface area contributed by atoms with Crippen LogP contribution >= 0.6 is 11.3 Å². The first kappa shape index (κ1) is 32.2. The second-order valence-corrected chi connectivity index (χ2v) is 13.5. The maximum atomic E-state index is 13.5. The van der Waals surface area contributed by atoms with Gasteiger partial charge < -0.3 is 15.4 Å². The molecule has 2 amide bonds. The number of unbranched alkanes of at least 4 members (excludes halogenated alkanes) is 1. The summed E-state index contributed by atoms with van der Waals surface area (Å²) in [6, 6.07) is 12.0. The summed E-state index contributed by atoms with van der Waals surface area (Å²) in [6.07, 6.45) is 2.82. The van der Waals surface area contributed by atoms with E-state index in [2.05, 4.69) is 25.7 Å². The van der Waals surface area contributed by atoms with Crippen molar-refractivity contribution >= 4 is 44.7 Å². The van der Waals surface area contributed by atoms with Crippen LogP contribution in [-0.4, -0.2) is 50.6 Å². The van der Waals surface area contributed by atoms with Gasteiger partial charge in [0.1, 0.15) is 5.01 Å². The number of thiazole rings is 1. The number of anilines is 2. The van der Waals surface area contributed by atoms with Gasteiger partial charge in [0, 0.05) is 40.7 Å². The third kappa shape index (κ3) is 9.92. The van der Waals surface area contributed by atoms with E-state index >= 15 is 0 Å². The van der Waals surface area contributed by atoms with Gasteiger partial charge in [-0.3, -0.25) is 10.1 Å². The van der Waals surface area contributed by atoms with Crippen LogP contribution in [0.15, 0.2) is 53.6 Å². The van der Waals surface area contributed by atoms with Crippen molar-refractivity contribution in [2.45, 2.75) is 70.4 Å². The smallest absolute Gasteiger partial charge is 0.411 e. The van der Waals surface area contributed by atoms with Gasteiger partial charge in [-0.25, -0.2) is 22.9 Å². The lowest BCUT2D eigenvalue weighted by Crippen LogP contribution is -2.40. The third-order valence-electron chi connectivity index (χ3n) is 5.57. The second kappa shape index (κ2) is 14.0. The van der Waals surface area contributed by atoms with Crippen molar-refractivity contribution < 1.29 is 22.7 Å². The molecule has 3 rings (SSSR count). The van der Waals surface area contributed by atoms with Gasteiger partial charge in [0.05, 0.1) is 15.9 Å². The van der Waals surface area contributed by atoms with Gasteiger partial charge in [0.25, 0.3) is 0 Å². The minimum Gasteiger partial charge on any atom is -0.447 e. The Kier molecular flexibility index (Phi) is 11.0. The van der Waals surface area contributed by atoms with Crippen LogP contribution in [0.2, 0.25) is 0 Å².